The average Bonchev–Trinajstić information content (AvgIpc) is 2.98. The Morgan fingerprint density at radius 3 is 2.72 bits per heavy atom. The number of fused-ring (bicyclic) bond motifs is 1. The molecule has 0 saturated heterocycles. The molecule has 1 aliphatic rings. The third-order valence-electron chi connectivity index (χ3n) is 4.07. The fourth-order valence-corrected chi connectivity index (χ4v) is 2.70. The van der Waals surface area contributed by atoms with Gasteiger partial charge in [0.2, 0.25) is 11.8 Å². The molecule has 1 aliphatic heterocycles. The first-order valence-corrected chi connectivity index (χ1v) is 7.99. The number of nitrogens with one attached hydrogen (secondary N) is 2. The van der Waals surface area contributed by atoms with E-state index >= 15 is 0 Å². The molecule has 0 fully saturated rings. The maximum Gasteiger partial charge on any atom is 0.228 e. The van der Waals surface area contributed by atoms with E-state index in [9.17, 15) is 18.8 Å². The molecule has 1 heterocycles. The highest BCUT2D eigenvalue weighted by molar-refractivity contribution is 6.02. The van der Waals surface area contributed by atoms with Gasteiger partial charge in [0.15, 0.2) is 5.78 Å². The van der Waals surface area contributed by atoms with Crippen LogP contribution in [0.2, 0.25) is 0 Å². The quantitative estimate of drug-likeness (QED) is 0.794. The smallest absolute Gasteiger partial charge is 0.228 e. The molecule has 0 aliphatic carbocycles. The largest absolute Gasteiger partial charge is 0.352 e. The predicted molar refractivity (Wildman–Crippen MR) is 90.6 cm³/mol. The van der Waals surface area contributed by atoms with Crippen molar-refractivity contribution in [3.05, 3.63) is 65.0 Å². The van der Waals surface area contributed by atoms with Crippen molar-refractivity contribution in [1.82, 2.24) is 5.32 Å². The zero-order valence-electron chi connectivity index (χ0n) is 13.5. The summed E-state index contributed by atoms with van der Waals surface area (Å²) >= 11 is 0. The maximum atomic E-state index is 13.5. The van der Waals surface area contributed by atoms with Crippen LogP contribution in [0.25, 0.3) is 0 Å². The fourth-order valence-electron chi connectivity index (χ4n) is 2.70. The van der Waals surface area contributed by atoms with Crippen LogP contribution in [0, 0.1) is 5.82 Å². The molecule has 128 valence electrons. The average molecular weight is 340 g/mol. The number of benzene rings is 2. The van der Waals surface area contributed by atoms with Gasteiger partial charge in [-0.2, -0.15) is 0 Å². The zero-order chi connectivity index (χ0) is 17.8. The van der Waals surface area contributed by atoms with Crippen LogP contribution in [0.1, 0.15) is 34.3 Å². The SMILES string of the molecule is O=C(CCC(=O)c1ccc2c(c1)CC(=O)N2)NCc1ccccc1F. The van der Waals surface area contributed by atoms with E-state index in [0.29, 0.717) is 11.1 Å². The Morgan fingerprint density at radius 1 is 1.12 bits per heavy atom. The molecule has 0 aromatic heterocycles. The summed E-state index contributed by atoms with van der Waals surface area (Å²) in [4.78, 5) is 35.4. The second kappa shape index (κ2) is 7.25. The lowest BCUT2D eigenvalue weighted by molar-refractivity contribution is -0.121. The van der Waals surface area contributed by atoms with Crippen molar-refractivity contribution in [1.29, 1.82) is 0 Å². The van der Waals surface area contributed by atoms with Crippen LogP contribution in [0.15, 0.2) is 42.5 Å². The fraction of sp³-hybridized carbons (Fsp3) is 0.211. The first-order chi connectivity index (χ1) is 12.0. The standard InChI is InChI=1S/C19H17FN2O3/c20-15-4-2-1-3-13(15)11-21-18(24)8-7-17(23)12-5-6-16-14(9-12)10-19(25)22-16/h1-6,9H,7-8,10-11H2,(H,21,24)(H,22,25). The van der Waals surface area contributed by atoms with Crippen LogP contribution in [-0.4, -0.2) is 17.6 Å². The summed E-state index contributed by atoms with van der Waals surface area (Å²) in [6.07, 6.45) is 0.352. The van der Waals surface area contributed by atoms with Gasteiger partial charge in [-0.05, 0) is 29.8 Å². The highest BCUT2D eigenvalue weighted by Crippen LogP contribution is 2.24. The van der Waals surface area contributed by atoms with Gasteiger partial charge in [-0.1, -0.05) is 18.2 Å². The van der Waals surface area contributed by atoms with E-state index in [1.54, 1.807) is 36.4 Å². The molecule has 0 spiro atoms. The van der Waals surface area contributed by atoms with Crippen molar-refractivity contribution in [3.8, 4) is 0 Å². The van der Waals surface area contributed by atoms with Gasteiger partial charge in [0.25, 0.3) is 0 Å². The molecule has 2 aromatic rings. The van der Waals surface area contributed by atoms with E-state index in [2.05, 4.69) is 10.6 Å². The van der Waals surface area contributed by atoms with Crippen molar-refractivity contribution < 1.29 is 18.8 Å². The maximum absolute atomic E-state index is 13.5. The highest BCUT2D eigenvalue weighted by Gasteiger charge is 2.19. The highest BCUT2D eigenvalue weighted by atomic mass is 19.1. The summed E-state index contributed by atoms with van der Waals surface area (Å²) in [6, 6.07) is 11.2. The summed E-state index contributed by atoms with van der Waals surface area (Å²) in [5.74, 6) is -0.940. The zero-order valence-corrected chi connectivity index (χ0v) is 13.5. The number of rotatable bonds is 6. The van der Waals surface area contributed by atoms with Gasteiger partial charge < -0.3 is 10.6 Å². The van der Waals surface area contributed by atoms with Crippen molar-refractivity contribution in [2.45, 2.75) is 25.8 Å². The number of Topliss-reactive ketones (excluding diaryl/α,β-unsaturated/α-hetero) is 1. The summed E-state index contributed by atoms with van der Waals surface area (Å²) in [6.45, 7) is 0.0896. The molecule has 5 nitrogen and oxygen atoms in total. The molecule has 0 saturated carbocycles. The lowest BCUT2D eigenvalue weighted by Gasteiger charge is -2.07. The normalized spacial score (nSPS) is 12.4. The Kier molecular flexibility index (Phi) is 4.88. The third kappa shape index (κ3) is 4.09. The summed E-state index contributed by atoms with van der Waals surface area (Å²) in [5.41, 5.74) is 2.40. The molecule has 0 radical (unpaired) electrons. The Morgan fingerprint density at radius 2 is 1.92 bits per heavy atom. The van der Waals surface area contributed by atoms with Crippen molar-refractivity contribution in [2.75, 3.05) is 5.32 Å². The molecule has 0 bridgehead atoms. The molecular weight excluding hydrogens is 323 g/mol. The molecule has 0 unspecified atom stereocenters. The number of halogens is 1. The second-order valence-electron chi connectivity index (χ2n) is 5.89. The Hall–Kier alpha value is -3.02. The van der Waals surface area contributed by atoms with Gasteiger partial charge in [0.05, 0.1) is 6.42 Å². The molecular formula is C19H17FN2O3. The molecule has 6 heteroatoms. The lowest BCUT2D eigenvalue weighted by atomic mass is 10.0. The molecule has 2 N–H and O–H groups in total. The van der Waals surface area contributed by atoms with Crippen LogP contribution in [0.3, 0.4) is 0 Å². The number of amides is 2. The third-order valence-corrected chi connectivity index (χ3v) is 4.07. The van der Waals surface area contributed by atoms with Crippen molar-refractivity contribution >= 4 is 23.3 Å². The number of ketones is 1. The van der Waals surface area contributed by atoms with E-state index in [-0.39, 0.29) is 49.2 Å². The van der Waals surface area contributed by atoms with Gasteiger partial charge in [-0.15, -0.1) is 0 Å². The summed E-state index contributed by atoms with van der Waals surface area (Å²) in [5, 5.41) is 5.31. The minimum atomic E-state index is -0.375. The Balaban J connectivity index is 1.51. The molecule has 3 rings (SSSR count). The van der Waals surface area contributed by atoms with E-state index in [1.807, 2.05) is 0 Å². The van der Waals surface area contributed by atoms with Crippen LogP contribution < -0.4 is 10.6 Å². The van der Waals surface area contributed by atoms with Gasteiger partial charge in [0, 0.05) is 36.2 Å². The summed E-state index contributed by atoms with van der Waals surface area (Å²) < 4.78 is 13.5. The minimum absolute atomic E-state index is 0.0293. The number of anilines is 1. The van der Waals surface area contributed by atoms with Crippen molar-refractivity contribution in [2.24, 2.45) is 0 Å². The number of carbonyl (C=O) groups excluding carboxylic acids is 3. The topological polar surface area (TPSA) is 75.3 Å². The Labute approximate surface area is 144 Å². The number of carbonyl (C=O) groups is 3. The Bertz CT molecular complexity index is 848. The molecule has 0 atom stereocenters. The number of hydrogen-bond donors (Lipinski definition) is 2. The summed E-state index contributed by atoms with van der Waals surface area (Å²) in [7, 11) is 0. The second-order valence-corrected chi connectivity index (χ2v) is 5.89. The number of hydrogen-bond acceptors (Lipinski definition) is 3. The first kappa shape index (κ1) is 16.8. The lowest BCUT2D eigenvalue weighted by Crippen LogP contribution is -2.23. The van der Waals surface area contributed by atoms with Gasteiger partial charge >= 0.3 is 0 Å². The molecule has 2 aromatic carbocycles. The minimum Gasteiger partial charge on any atom is -0.352 e. The predicted octanol–water partition coefficient (Wildman–Crippen LogP) is 2.60. The van der Waals surface area contributed by atoms with E-state index < -0.39 is 0 Å². The van der Waals surface area contributed by atoms with Crippen LogP contribution >= 0.6 is 0 Å². The molecule has 2 amide bonds. The van der Waals surface area contributed by atoms with Crippen LogP contribution in [-0.2, 0) is 22.6 Å². The van der Waals surface area contributed by atoms with Gasteiger partial charge in [0.1, 0.15) is 5.82 Å². The van der Waals surface area contributed by atoms with Crippen molar-refractivity contribution in [3.63, 3.8) is 0 Å². The van der Waals surface area contributed by atoms with Crippen LogP contribution in [0.4, 0.5) is 10.1 Å². The monoisotopic (exact) mass is 340 g/mol. The molecule has 25 heavy (non-hydrogen) atoms. The van der Waals surface area contributed by atoms with Crippen LogP contribution in [0.5, 0.6) is 0 Å². The van der Waals surface area contributed by atoms with Gasteiger partial charge in [-0.3, -0.25) is 14.4 Å². The van der Waals surface area contributed by atoms with E-state index in [4.69, 9.17) is 0 Å². The van der Waals surface area contributed by atoms with E-state index in [0.717, 1.165) is 11.3 Å². The van der Waals surface area contributed by atoms with Gasteiger partial charge in [-0.25, -0.2) is 4.39 Å². The first-order valence-electron chi connectivity index (χ1n) is 7.99. The van der Waals surface area contributed by atoms with E-state index in [1.165, 1.54) is 6.07 Å².